The van der Waals surface area contributed by atoms with E-state index < -0.39 is 0 Å². The van der Waals surface area contributed by atoms with Crippen LogP contribution in [-0.4, -0.2) is 20.7 Å². The highest BCUT2D eigenvalue weighted by Crippen LogP contribution is 2.37. The third-order valence-corrected chi connectivity index (χ3v) is 5.63. The Morgan fingerprint density at radius 1 is 0.720 bits per heavy atom. The van der Waals surface area contributed by atoms with Crippen molar-refractivity contribution in [2.75, 3.05) is 0 Å². The van der Waals surface area contributed by atoms with Crippen molar-refractivity contribution >= 4 is 15.7 Å². The summed E-state index contributed by atoms with van der Waals surface area (Å²) >= 11 is 0. The van der Waals surface area contributed by atoms with Crippen molar-refractivity contribution in [3.05, 3.63) is 78.5 Å². The van der Waals surface area contributed by atoms with Crippen LogP contribution in [0.2, 0.25) is 0 Å². The lowest BCUT2D eigenvalue weighted by Crippen LogP contribution is -2.41. The molecule has 0 bridgehead atoms. The topological polar surface area (TPSA) is 12.9 Å². The molecule has 1 heterocycles. The van der Waals surface area contributed by atoms with Crippen molar-refractivity contribution in [1.82, 2.24) is 4.98 Å². The lowest BCUT2D eigenvalue weighted by Gasteiger charge is -2.40. The van der Waals surface area contributed by atoms with Gasteiger partial charge in [0.25, 0.3) is 0 Å². The minimum absolute atomic E-state index is 0.0976. The molecule has 3 heteroatoms. The zero-order valence-electron chi connectivity index (χ0n) is 15.9. The molecule has 0 saturated carbocycles. The first-order valence-electron chi connectivity index (χ1n) is 8.91. The molecule has 0 atom stereocenters. The fraction of sp³-hybridized carbons (Fsp3) is 0.227. The highest BCUT2D eigenvalue weighted by molar-refractivity contribution is 6.40. The van der Waals surface area contributed by atoms with Gasteiger partial charge in [-0.25, -0.2) is 0 Å². The van der Waals surface area contributed by atoms with E-state index >= 15 is 0 Å². The molecule has 1 aromatic heterocycles. The second-order valence-corrected chi connectivity index (χ2v) is 8.25. The summed E-state index contributed by atoms with van der Waals surface area (Å²) in [4.78, 5) is 4.67. The van der Waals surface area contributed by atoms with Gasteiger partial charge in [-0.3, -0.25) is 4.98 Å². The van der Waals surface area contributed by atoms with Gasteiger partial charge in [0, 0.05) is 17.3 Å². The van der Waals surface area contributed by atoms with Crippen LogP contribution >= 0.6 is 0 Å². The molecule has 0 radical (unpaired) electrons. The van der Waals surface area contributed by atoms with Crippen LogP contribution in [0.4, 0.5) is 0 Å². The van der Waals surface area contributed by atoms with E-state index in [1.165, 1.54) is 11.1 Å². The Hall–Kier alpha value is -2.28. The summed E-state index contributed by atoms with van der Waals surface area (Å²) in [7, 11) is 4.64. The van der Waals surface area contributed by atoms with E-state index in [-0.39, 0.29) is 10.6 Å². The Morgan fingerprint density at radius 2 is 1.40 bits per heavy atom. The van der Waals surface area contributed by atoms with Gasteiger partial charge in [-0.15, -0.1) is 0 Å². The highest BCUT2D eigenvalue weighted by atomic mass is 14.7. The third-order valence-electron chi connectivity index (χ3n) is 5.63. The molecule has 0 N–H and O–H groups in total. The Bertz CT molecular complexity index is 847. The summed E-state index contributed by atoms with van der Waals surface area (Å²) in [6.45, 7) is 6.90. The Kier molecular flexibility index (Phi) is 4.60. The van der Waals surface area contributed by atoms with E-state index in [1.807, 2.05) is 24.4 Å². The zero-order chi connectivity index (χ0) is 18.1. The summed E-state index contributed by atoms with van der Waals surface area (Å²) in [5.74, 6) is 0. The van der Waals surface area contributed by atoms with Gasteiger partial charge in [0.05, 0.1) is 5.69 Å². The minimum atomic E-state index is 0.0976. The fourth-order valence-electron chi connectivity index (χ4n) is 2.86. The van der Waals surface area contributed by atoms with Crippen LogP contribution in [0.3, 0.4) is 0 Å². The van der Waals surface area contributed by atoms with Crippen LogP contribution in [0.5, 0.6) is 0 Å². The molecule has 0 unspecified atom stereocenters. The van der Waals surface area contributed by atoms with E-state index in [9.17, 15) is 0 Å². The minimum Gasteiger partial charge on any atom is -0.256 e. The standard InChI is InChI=1S/C22H25B2N/c1-21(2,3)22(23,24)19-11-7-10-17(14-19)18-12-13-20(25-15-18)16-8-5-4-6-9-16/h4-15H,23-24H2,1-3H3. The molecule has 0 aliphatic rings. The zero-order valence-corrected chi connectivity index (χ0v) is 15.9. The van der Waals surface area contributed by atoms with Crippen LogP contribution < -0.4 is 0 Å². The third kappa shape index (κ3) is 3.56. The van der Waals surface area contributed by atoms with E-state index in [0.29, 0.717) is 0 Å². The number of hydrogen-bond donors (Lipinski definition) is 0. The van der Waals surface area contributed by atoms with E-state index in [4.69, 9.17) is 0 Å². The maximum Gasteiger partial charge on any atom is 0.105 e. The van der Waals surface area contributed by atoms with Gasteiger partial charge in [-0.05, 0) is 17.0 Å². The van der Waals surface area contributed by atoms with Crippen molar-refractivity contribution in [1.29, 1.82) is 0 Å². The SMILES string of the molecule is BC(B)(c1cccc(-c2ccc(-c3ccccc3)nc2)c1)C(C)(C)C. The van der Waals surface area contributed by atoms with Crippen molar-refractivity contribution in [3.8, 4) is 22.4 Å². The van der Waals surface area contributed by atoms with Crippen molar-refractivity contribution < 1.29 is 0 Å². The molecule has 0 aliphatic heterocycles. The molecule has 124 valence electrons. The highest BCUT2D eigenvalue weighted by Gasteiger charge is 2.34. The average molecular weight is 325 g/mol. The second kappa shape index (κ2) is 6.55. The van der Waals surface area contributed by atoms with Crippen LogP contribution in [0, 0.1) is 5.41 Å². The first-order valence-corrected chi connectivity index (χ1v) is 8.91. The lowest BCUT2D eigenvalue weighted by atomic mass is 9.41. The molecule has 0 fully saturated rings. The molecular formula is C22H25B2N. The quantitative estimate of drug-likeness (QED) is 0.666. The molecule has 3 rings (SSSR count). The van der Waals surface area contributed by atoms with E-state index in [2.05, 4.69) is 90.0 Å². The van der Waals surface area contributed by atoms with Gasteiger partial charge < -0.3 is 0 Å². The van der Waals surface area contributed by atoms with Gasteiger partial charge in [0.2, 0.25) is 0 Å². The van der Waals surface area contributed by atoms with Gasteiger partial charge >= 0.3 is 0 Å². The number of rotatable bonds is 3. The van der Waals surface area contributed by atoms with Gasteiger partial charge in [-0.1, -0.05) is 92.2 Å². The van der Waals surface area contributed by atoms with Crippen LogP contribution in [-0.2, 0) is 5.21 Å². The monoisotopic (exact) mass is 325 g/mol. The largest absolute Gasteiger partial charge is 0.256 e. The average Bonchev–Trinajstić information content (AvgIpc) is 2.62. The fourth-order valence-corrected chi connectivity index (χ4v) is 2.86. The van der Waals surface area contributed by atoms with Crippen molar-refractivity contribution in [3.63, 3.8) is 0 Å². The summed E-state index contributed by atoms with van der Waals surface area (Å²) in [5.41, 5.74) is 6.10. The molecule has 25 heavy (non-hydrogen) atoms. The maximum atomic E-state index is 4.67. The Balaban J connectivity index is 1.94. The number of pyridine rings is 1. The van der Waals surface area contributed by atoms with E-state index in [1.54, 1.807) is 0 Å². The Morgan fingerprint density at radius 3 is 2.00 bits per heavy atom. The predicted octanol–water partition coefficient (Wildman–Crippen LogP) is 3.88. The summed E-state index contributed by atoms with van der Waals surface area (Å²) in [6, 6.07) is 23.4. The number of benzene rings is 2. The second-order valence-electron chi connectivity index (χ2n) is 8.25. The predicted molar refractivity (Wildman–Crippen MR) is 113 cm³/mol. The Labute approximate surface area is 153 Å². The van der Waals surface area contributed by atoms with E-state index in [0.717, 1.165) is 16.8 Å². The molecule has 2 aromatic carbocycles. The molecule has 0 saturated heterocycles. The van der Waals surface area contributed by atoms with Crippen LogP contribution in [0.25, 0.3) is 22.4 Å². The normalized spacial score (nSPS) is 12.1. The van der Waals surface area contributed by atoms with Crippen LogP contribution in [0.1, 0.15) is 26.3 Å². The number of hydrogen-bond acceptors (Lipinski definition) is 1. The smallest absolute Gasteiger partial charge is 0.105 e. The van der Waals surface area contributed by atoms with Crippen molar-refractivity contribution in [2.24, 2.45) is 5.41 Å². The lowest BCUT2D eigenvalue weighted by molar-refractivity contribution is 0.358. The number of aromatic nitrogens is 1. The summed E-state index contributed by atoms with van der Waals surface area (Å²) < 4.78 is 0. The molecule has 0 spiro atoms. The molecule has 3 aromatic rings. The molecule has 0 amide bonds. The molecular weight excluding hydrogens is 300 g/mol. The molecule has 1 nitrogen and oxygen atoms in total. The number of nitrogens with zero attached hydrogens (tertiary/aromatic N) is 1. The molecule has 0 aliphatic carbocycles. The first-order chi connectivity index (χ1) is 11.8. The van der Waals surface area contributed by atoms with Gasteiger partial charge in [-0.2, -0.15) is 0 Å². The first kappa shape index (κ1) is 17.5. The van der Waals surface area contributed by atoms with Crippen LogP contribution in [0.15, 0.2) is 72.9 Å². The van der Waals surface area contributed by atoms with Crippen molar-refractivity contribution in [2.45, 2.75) is 26.0 Å². The summed E-state index contributed by atoms with van der Waals surface area (Å²) in [6.07, 6.45) is 1.98. The maximum absolute atomic E-state index is 4.67. The summed E-state index contributed by atoms with van der Waals surface area (Å²) in [5, 5.41) is 0.0976. The van der Waals surface area contributed by atoms with Gasteiger partial charge in [0.1, 0.15) is 15.7 Å². The van der Waals surface area contributed by atoms with Gasteiger partial charge in [0.15, 0.2) is 0 Å².